The topological polar surface area (TPSA) is 81.1 Å². The van der Waals surface area contributed by atoms with E-state index in [-0.39, 0.29) is 0 Å². The molecule has 0 unspecified atom stereocenters. The third kappa shape index (κ3) is 2.22. The number of nitrogens with one attached hydrogen (secondary N) is 1. The number of nitrogens with two attached hydrogens (primary N) is 2. The Morgan fingerprint density at radius 1 is 1.62 bits per heavy atom. The Bertz CT molecular complexity index is 356. The van der Waals surface area contributed by atoms with E-state index in [0.717, 1.165) is 4.88 Å². The molecule has 1 aromatic rings. The van der Waals surface area contributed by atoms with Gasteiger partial charge in [-0.15, -0.1) is 11.3 Å². The van der Waals surface area contributed by atoms with Gasteiger partial charge < -0.3 is 16.8 Å². The van der Waals surface area contributed by atoms with E-state index in [9.17, 15) is 4.79 Å². The van der Waals surface area contributed by atoms with Crippen molar-refractivity contribution < 1.29 is 4.79 Å². The minimum Gasteiger partial charge on any atom is -0.386 e. The van der Waals surface area contributed by atoms with Gasteiger partial charge in [-0.25, -0.2) is 0 Å². The normalized spacial score (nSPS) is 9.62. The number of carbonyl (C=O) groups excluding carboxylic acids is 1. The number of amides is 1. The number of rotatable bonds is 3. The predicted octanol–water partition coefficient (Wildman–Crippen LogP) is 0.997. The summed E-state index contributed by atoms with van der Waals surface area (Å²) in [5, 5.41) is 3.43. The van der Waals surface area contributed by atoms with Crippen LogP contribution in [0.2, 0.25) is 0 Å². The highest BCUT2D eigenvalue weighted by molar-refractivity contribution is 7.16. The highest BCUT2D eigenvalue weighted by atomic mass is 32.1. The predicted molar refractivity (Wildman–Crippen MR) is 54.5 cm³/mol. The second-order valence-corrected chi connectivity index (χ2v) is 3.87. The van der Waals surface area contributed by atoms with Gasteiger partial charge >= 0.3 is 0 Å². The molecule has 0 saturated carbocycles. The second kappa shape index (κ2) is 3.49. The summed E-state index contributed by atoms with van der Waals surface area (Å²) in [6.07, 6.45) is 0. The molecule has 0 spiro atoms. The molecule has 1 amide bonds. The van der Waals surface area contributed by atoms with Crippen molar-refractivity contribution in [3.8, 4) is 0 Å². The molecule has 1 rings (SSSR count). The van der Waals surface area contributed by atoms with Gasteiger partial charge in [0.25, 0.3) is 5.91 Å². The van der Waals surface area contributed by atoms with Gasteiger partial charge in [0.1, 0.15) is 5.00 Å². The third-order valence-corrected chi connectivity index (χ3v) is 2.36. The van der Waals surface area contributed by atoms with Crippen molar-refractivity contribution in [3.05, 3.63) is 28.9 Å². The molecule has 0 saturated heterocycles. The quantitative estimate of drug-likeness (QED) is 0.676. The summed E-state index contributed by atoms with van der Waals surface area (Å²) in [4.78, 5) is 11.9. The smallest absolute Gasteiger partial charge is 0.251 e. The maximum atomic E-state index is 10.9. The van der Waals surface area contributed by atoms with Crippen LogP contribution in [-0.4, -0.2) is 5.91 Å². The molecule has 0 radical (unpaired) electrons. The minimum absolute atomic E-state index is 0.296. The van der Waals surface area contributed by atoms with Crippen molar-refractivity contribution in [3.63, 3.8) is 0 Å². The monoisotopic (exact) mass is 197 g/mol. The number of primary amides is 1. The Balaban J connectivity index is 3.04. The number of hydrogen-bond donors (Lipinski definition) is 3. The Morgan fingerprint density at radius 2 is 2.23 bits per heavy atom. The first-order chi connectivity index (χ1) is 6.00. The maximum Gasteiger partial charge on any atom is 0.251 e. The van der Waals surface area contributed by atoms with Crippen LogP contribution in [0, 0.1) is 6.92 Å². The number of aryl methyl sites for hydroxylation is 1. The molecule has 70 valence electrons. The van der Waals surface area contributed by atoms with E-state index < -0.39 is 5.91 Å². The Morgan fingerprint density at radius 3 is 2.69 bits per heavy atom. The van der Waals surface area contributed by atoms with Gasteiger partial charge in [0.2, 0.25) is 0 Å². The molecule has 0 atom stereocenters. The van der Waals surface area contributed by atoms with Crippen LogP contribution >= 0.6 is 11.3 Å². The second-order valence-electron chi connectivity index (χ2n) is 2.61. The molecule has 5 N–H and O–H groups in total. The molecule has 0 aliphatic rings. The largest absolute Gasteiger partial charge is 0.386 e. The first-order valence-electron chi connectivity index (χ1n) is 3.62. The van der Waals surface area contributed by atoms with E-state index >= 15 is 0 Å². The fourth-order valence-corrected chi connectivity index (χ4v) is 1.89. The molecule has 5 heteroatoms. The van der Waals surface area contributed by atoms with Gasteiger partial charge in [-0.05, 0) is 13.0 Å². The van der Waals surface area contributed by atoms with Crippen LogP contribution in [0.15, 0.2) is 18.5 Å². The zero-order valence-corrected chi connectivity index (χ0v) is 8.07. The van der Waals surface area contributed by atoms with Gasteiger partial charge in [-0.1, -0.05) is 6.58 Å². The van der Waals surface area contributed by atoms with Gasteiger partial charge in [-0.2, -0.15) is 0 Å². The van der Waals surface area contributed by atoms with Crippen LogP contribution in [-0.2, 0) is 0 Å². The minimum atomic E-state index is -0.465. The van der Waals surface area contributed by atoms with Crippen LogP contribution in [0.5, 0.6) is 0 Å². The standard InChI is InChI=1S/C8H11N3OS/c1-4-3-6(7(10)12)8(13-4)11-5(2)9/h3,11H,2,9H2,1H3,(H2,10,12). The van der Waals surface area contributed by atoms with Crippen molar-refractivity contribution >= 4 is 22.2 Å². The van der Waals surface area contributed by atoms with Crippen molar-refractivity contribution in [2.45, 2.75) is 6.92 Å². The van der Waals surface area contributed by atoms with Crippen molar-refractivity contribution in [1.82, 2.24) is 0 Å². The van der Waals surface area contributed by atoms with E-state index in [0.29, 0.717) is 16.4 Å². The average Bonchev–Trinajstić information content (AvgIpc) is 2.29. The first-order valence-corrected chi connectivity index (χ1v) is 4.44. The molecular weight excluding hydrogens is 186 g/mol. The lowest BCUT2D eigenvalue weighted by Gasteiger charge is -2.02. The molecule has 0 aliphatic heterocycles. The summed E-state index contributed by atoms with van der Waals surface area (Å²) in [6, 6.07) is 1.72. The van der Waals surface area contributed by atoms with Crippen LogP contribution in [0.4, 0.5) is 5.00 Å². The Kier molecular flexibility index (Phi) is 2.57. The number of anilines is 1. The Hall–Kier alpha value is -1.49. The van der Waals surface area contributed by atoms with Crippen LogP contribution < -0.4 is 16.8 Å². The van der Waals surface area contributed by atoms with Crippen molar-refractivity contribution in [2.75, 3.05) is 5.32 Å². The van der Waals surface area contributed by atoms with E-state index in [1.807, 2.05) is 6.92 Å². The van der Waals surface area contributed by atoms with E-state index in [1.165, 1.54) is 11.3 Å². The zero-order chi connectivity index (χ0) is 10.0. The number of carbonyl (C=O) groups is 1. The fraction of sp³-hybridized carbons (Fsp3) is 0.125. The van der Waals surface area contributed by atoms with E-state index in [4.69, 9.17) is 11.5 Å². The highest BCUT2D eigenvalue weighted by Gasteiger charge is 2.11. The third-order valence-electron chi connectivity index (χ3n) is 1.39. The first kappa shape index (κ1) is 9.60. The molecular formula is C8H11N3OS. The molecule has 0 fully saturated rings. The fourth-order valence-electron chi connectivity index (χ4n) is 0.936. The summed E-state index contributed by atoms with van der Waals surface area (Å²) in [6.45, 7) is 5.37. The van der Waals surface area contributed by atoms with Gasteiger partial charge in [0.15, 0.2) is 0 Å². The molecule has 0 aromatic carbocycles. The highest BCUT2D eigenvalue weighted by Crippen LogP contribution is 2.27. The lowest BCUT2D eigenvalue weighted by Crippen LogP contribution is -2.14. The number of thiophene rings is 1. The molecule has 1 heterocycles. The lowest BCUT2D eigenvalue weighted by molar-refractivity contribution is 0.100. The molecule has 4 nitrogen and oxygen atoms in total. The number of hydrogen-bond acceptors (Lipinski definition) is 4. The molecule has 1 aromatic heterocycles. The summed E-state index contributed by atoms with van der Waals surface area (Å²) in [7, 11) is 0. The van der Waals surface area contributed by atoms with Crippen molar-refractivity contribution in [1.29, 1.82) is 0 Å². The molecule has 0 bridgehead atoms. The summed E-state index contributed by atoms with van der Waals surface area (Å²) in [5.41, 5.74) is 11.0. The Labute approximate surface area is 80.2 Å². The zero-order valence-electron chi connectivity index (χ0n) is 7.26. The van der Waals surface area contributed by atoms with Crippen LogP contribution in [0.3, 0.4) is 0 Å². The molecule has 13 heavy (non-hydrogen) atoms. The average molecular weight is 197 g/mol. The SMILES string of the molecule is C=C(N)Nc1sc(C)cc1C(N)=O. The summed E-state index contributed by atoms with van der Waals surface area (Å²) in [5.74, 6) is -0.169. The lowest BCUT2D eigenvalue weighted by atomic mass is 10.3. The maximum absolute atomic E-state index is 10.9. The van der Waals surface area contributed by atoms with Crippen LogP contribution in [0.1, 0.15) is 15.2 Å². The van der Waals surface area contributed by atoms with Gasteiger partial charge in [0, 0.05) is 4.88 Å². The van der Waals surface area contributed by atoms with Gasteiger partial charge in [-0.3, -0.25) is 4.79 Å². The molecule has 0 aliphatic carbocycles. The summed E-state index contributed by atoms with van der Waals surface area (Å²) >= 11 is 1.42. The summed E-state index contributed by atoms with van der Waals surface area (Å²) < 4.78 is 0. The van der Waals surface area contributed by atoms with E-state index in [2.05, 4.69) is 11.9 Å². The van der Waals surface area contributed by atoms with E-state index in [1.54, 1.807) is 6.07 Å². The van der Waals surface area contributed by atoms with Gasteiger partial charge in [0.05, 0.1) is 11.4 Å². The van der Waals surface area contributed by atoms with Crippen LogP contribution in [0.25, 0.3) is 0 Å². The van der Waals surface area contributed by atoms with Crippen molar-refractivity contribution in [2.24, 2.45) is 11.5 Å².